The third-order valence-corrected chi connectivity index (χ3v) is 2.72. The monoisotopic (exact) mass is 227 g/mol. The topological polar surface area (TPSA) is 77.8 Å². The van der Waals surface area contributed by atoms with Crippen LogP contribution in [0.2, 0.25) is 0 Å². The molecule has 1 fully saturated rings. The molecular weight excluding hydrogens is 210 g/mol. The molecule has 0 saturated carbocycles. The number of nitrogens with zero attached hydrogens (tertiary/aromatic N) is 1. The van der Waals surface area contributed by atoms with Crippen LogP contribution in [-0.2, 0) is 9.59 Å². The van der Waals surface area contributed by atoms with Crippen molar-refractivity contribution < 1.29 is 19.8 Å². The van der Waals surface area contributed by atoms with E-state index in [0.29, 0.717) is 13.0 Å². The summed E-state index contributed by atoms with van der Waals surface area (Å²) in [5.41, 5.74) is -0.0296. The first kappa shape index (κ1) is 12.7. The van der Waals surface area contributed by atoms with E-state index in [-0.39, 0.29) is 5.57 Å². The normalized spacial score (nSPS) is 18.4. The Morgan fingerprint density at radius 2 is 1.75 bits per heavy atom. The largest absolute Gasteiger partial charge is 0.478 e. The smallest absolute Gasteiger partial charge is 0.331 e. The molecule has 1 saturated heterocycles. The van der Waals surface area contributed by atoms with E-state index in [1.165, 1.54) is 6.42 Å². The zero-order valence-electron chi connectivity index (χ0n) is 9.19. The lowest BCUT2D eigenvalue weighted by atomic mass is 10.1. The Labute approximate surface area is 94.4 Å². The van der Waals surface area contributed by atoms with Gasteiger partial charge in [0, 0.05) is 18.2 Å². The number of rotatable bonds is 5. The van der Waals surface area contributed by atoms with Gasteiger partial charge in [0.2, 0.25) is 0 Å². The number of aliphatic carboxylic acids is 2. The molecule has 0 bridgehead atoms. The summed E-state index contributed by atoms with van der Waals surface area (Å²) in [5, 5.41) is 17.3. The lowest BCUT2D eigenvalue weighted by Crippen LogP contribution is -2.31. The van der Waals surface area contributed by atoms with E-state index >= 15 is 0 Å². The first-order chi connectivity index (χ1) is 7.59. The van der Waals surface area contributed by atoms with Crippen molar-refractivity contribution in [2.24, 2.45) is 0 Å². The third-order valence-electron chi connectivity index (χ3n) is 2.72. The molecule has 0 spiro atoms. The SMILES string of the molecule is O=C(O)/C=C(\CCN1CCCCC1)C(=O)O. The zero-order valence-corrected chi connectivity index (χ0v) is 9.19. The minimum absolute atomic E-state index is 0.0296. The highest BCUT2D eigenvalue weighted by Crippen LogP contribution is 2.11. The fraction of sp³-hybridized carbons (Fsp3) is 0.636. The number of piperidine rings is 1. The molecule has 0 aromatic carbocycles. The summed E-state index contributed by atoms with van der Waals surface area (Å²) in [5.74, 6) is -2.34. The van der Waals surface area contributed by atoms with Crippen molar-refractivity contribution in [1.29, 1.82) is 0 Å². The van der Waals surface area contributed by atoms with Crippen LogP contribution in [0.5, 0.6) is 0 Å². The molecule has 0 aliphatic carbocycles. The van der Waals surface area contributed by atoms with Gasteiger partial charge in [-0.1, -0.05) is 6.42 Å². The van der Waals surface area contributed by atoms with Crippen LogP contribution < -0.4 is 0 Å². The molecule has 90 valence electrons. The maximum Gasteiger partial charge on any atom is 0.331 e. The maximum absolute atomic E-state index is 10.8. The lowest BCUT2D eigenvalue weighted by Gasteiger charge is -2.26. The van der Waals surface area contributed by atoms with E-state index in [2.05, 4.69) is 4.90 Å². The molecule has 0 aromatic rings. The van der Waals surface area contributed by atoms with Crippen LogP contribution in [0.4, 0.5) is 0 Å². The van der Waals surface area contributed by atoms with Crippen molar-refractivity contribution in [2.75, 3.05) is 19.6 Å². The highest BCUT2D eigenvalue weighted by Gasteiger charge is 2.14. The van der Waals surface area contributed by atoms with Crippen molar-refractivity contribution in [3.63, 3.8) is 0 Å². The number of carbonyl (C=O) groups is 2. The highest BCUT2D eigenvalue weighted by atomic mass is 16.4. The first-order valence-corrected chi connectivity index (χ1v) is 5.49. The quantitative estimate of drug-likeness (QED) is 0.684. The molecule has 2 N–H and O–H groups in total. The highest BCUT2D eigenvalue weighted by molar-refractivity contribution is 5.94. The number of carboxylic acid groups (broad SMARTS) is 2. The lowest BCUT2D eigenvalue weighted by molar-refractivity contribution is -0.135. The molecule has 1 aliphatic rings. The van der Waals surface area contributed by atoms with Gasteiger partial charge in [0.15, 0.2) is 0 Å². The van der Waals surface area contributed by atoms with Gasteiger partial charge in [0.1, 0.15) is 0 Å². The summed E-state index contributed by atoms with van der Waals surface area (Å²) in [6, 6.07) is 0. The summed E-state index contributed by atoms with van der Waals surface area (Å²) < 4.78 is 0. The molecule has 16 heavy (non-hydrogen) atoms. The minimum Gasteiger partial charge on any atom is -0.478 e. The Hall–Kier alpha value is -1.36. The Morgan fingerprint density at radius 1 is 1.12 bits per heavy atom. The average Bonchev–Trinajstić information content (AvgIpc) is 2.25. The first-order valence-electron chi connectivity index (χ1n) is 5.49. The summed E-state index contributed by atoms with van der Waals surface area (Å²) in [7, 11) is 0. The Balaban J connectivity index is 2.43. The van der Waals surface area contributed by atoms with Crippen molar-refractivity contribution in [3.8, 4) is 0 Å². The van der Waals surface area contributed by atoms with Crippen LogP contribution in [0.25, 0.3) is 0 Å². The van der Waals surface area contributed by atoms with Gasteiger partial charge in [0.25, 0.3) is 0 Å². The standard InChI is InChI=1S/C11H17NO4/c13-10(14)8-9(11(15)16)4-7-12-5-2-1-3-6-12/h8H,1-7H2,(H,13,14)(H,15,16)/b9-8+. The fourth-order valence-electron chi connectivity index (χ4n) is 1.85. The van der Waals surface area contributed by atoms with Gasteiger partial charge < -0.3 is 15.1 Å². The molecule has 0 unspecified atom stereocenters. The van der Waals surface area contributed by atoms with E-state index in [0.717, 1.165) is 32.0 Å². The van der Waals surface area contributed by atoms with Gasteiger partial charge in [0.05, 0.1) is 0 Å². The van der Waals surface area contributed by atoms with E-state index in [4.69, 9.17) is 10.2 Å². The van der Waals surface area contributed by atoms with Gasteiger partial charge in [-0.15, -0.1) is 0 Å². The number of hydrogen-bond acceptors (Lipinski definition) is 3. The Kier molecular flexibility index (Phi) is 4.98. The molecular formula is C11H17NO4. The molecule has 1 heterocycles. The molecule has 1 rings (SSSR count). The molecule has 5 nitrogen and oxygen atoms in total. The van der Waals surface area contributed by atoms with Crippen LogP contribution in [0.15, 0.2) is 11.6 Å². The second-order valence-electron chi connectivity index (χ2n) is 3.97. The summed E-state index contributed by atoms with van der Waals surface area (Å²) in [6.45, 7) is 2.60. The van der Waals surface area contributed by atoms with Crippen molar-refractivity contribution in [3.05, 3.63) is 11.6 Å². The van der Waals surface area contributed by atoms with Crippen LogP contribution in [-0.4, -0.2) is 46.7 Å². The van der Waals surface area contributed by atoms with Gasteiger partial charge >= 0.3 is 11.9 Å². The fourth-order valence-corrected chi connectivity index (χ4v) is 1.85. The van der Waals surface area contributed by atoms with Crippen LogP contribution in [0.3, 0.4) is 0 Å². The van der Waals surface area contributed by atoms with Gasteiger partial charge in [-0.25, -0.2) is 9.59 Å². The van der Waals surface area contributed by atoms with Gasteiger partial charge in [-0.3, -0.25) is 0 Å². The molecule has 5 heteroatoms. The third kappa shape index (κ3) is 4.44. The molecule has 0 aromatic heterocycles. The number of likely N-dealkylation sites (tertiary alicyclic amines) is 1. The molecule has 0 amide bonds. The van der Waals surface area contributed by atoms with Gasteiger partial charge in [-0.2, -0.15) is 0 Å². The summed E-state index contributed by atoms with van der Waals surface area (Å²) in [4.78, 5) is 23.4. The van der Waals surface area contributed by atoms with Crippen LogP contribution in [0.1, 0.15) is 25.7 Å². The van der Waals surface area contributed by atoms with Crippen molar-refractivity contribution in [2.45, 2.75) is 25.7 Å². The predicted octanol–water partition coefficient (Wildman–Crippen LogP) is 0.958. The van der Waals surface area contributed by atoms with E-state index < -0.39 is 11.9 Å². The predicted molar refractivity (Wildman–Crippen MR) is 58.3 cm³/mol. The van der Waals surface area contributed by atoms with E-state index in [9.17, 15) is 9.59 Å². The molecule has 0 radical (unpaired) electrons. The van der Waals surface area contributed by atoms with Crippen LogP contribution in [0, 0.1) is 0 Å². The minimum atomic E-state index is -1.20. The molecule has 1 aliphatic heterocycles. The number of carboxylic acids is 2. The van der Waals surface area contributed by atoms with E-state index in [1.807, 2.05) is 0 Å². The Morgan fingerprint density at radius 3 is 2.25 bits per heavy atom. The van der Waals surface area contributed by atoms with Gasteiger partial charge in [-0.05, 0) is 32.4 Å². The van der Waals surface area contributed by atoms with E-state index in [1.54, 1.807) is 0 Å². The second kappa shape index (κ2) is 6.27. The average molecular weight is 227 g/mol. The summed E-state index contributed by atoms with van der Waals surface area (Å²) >= 11 is 0. The maximum atomic E-state index is 10.8. The van der Waals surface area contributed by atoms with Crippen LogP contribution >= 0.6 is 0 Å². The zero-order chi connectivity index (χ0) is 12.0. The Bertz CT molecular complexity index is 292. The van der Waals surface area contributed by atoms with Crippen molar-refractivity contribution in [1.82, 2.24) is 4.90 Å². The summed E-state index contributed by atoms with van der Waals surface area (Å²) in [6.07, 6.45) is 4.59. The molecule has 0 atom stereocenters. The number of hydrogen-bond donors (Lipinski definition) is 2. The van der Waals surface area contributed by atoms with Crippen molar-refractivity contribution >= 4 is 11.9 Å². The second-order valence-corrected chi connectivity index (χ2v) is 3.97.